The molecular formula is C17H26N6O2. The molecule has 0 radical (unpaired) electrons. The number of methoxy groups -OCH3 is 2. The van der Waals surface area contributed by atoms with Gasteiger partial charge in [0.25, 0.3) is 0 Å². The number of aromatic nitrogens is 3. The van der Waals surface area contributed by atoms with Gasteiger partial charge in [0, 0.05) is 19.2 Å². The van der Waals surface area contributed by atoms with Crippen LogP contribution in [0.5, 0.6) is 11.5 Å². The lowest BCUT2D eigenvalue weighted by molar-refractivity contribution is 0.394. The zero-order valence-corrected chi connectivity index (χ0v) is 15.4. The predicted molar refractivity (Wildman–Crippen MR) is 96.9 cm³/mol. The average molecular weight is 346 g/mol. The summed E-state index contributed by atoms with van der Waals surface area (Å²) in [6, 6.07) is 5.71. The molecule has 2 rings (SSSR count). The van der Waals surface area contributed by atoms with Crippen LogP contribution in [-0.2, 0) is 13.6 Å². The largest absolute Gasteiger partial charge is 0.497 e. The highest BCUT2D eigenvalue weighted by molar-refractivity contribution is 5.80. The Morgan fingerprint density at radius 2 is 2.12 bits per heavy atom. The lowest BCUT2D eigenvalue weighted by atomic mass is 10.1. The maximum atomic E-state index is 5.46. The molecule has 25 heavy (non-hydrogen) atoms. The number of hydrogen-bond acceptors (Lipinski definition) is 5. The third-order valence-electron chi connectivity index (χ3n) is 3.78. The van der Waals surface area contributed by atoms with Crippen LogP contribution in [0.2, 0.25) is 0 Å². The molecule has 1 unspecified atom stereocenters. The Morgan fingerprint density at radius 3 is 2.72 bits per heavy atom. The van der Waals surface area contributed by atoms with E-state index in [4.69, 9.17) is 9.47 Å². The average Bonchev–Trinajstić information content (AvgIpc) is 3.04. The molecule has 0 saturated carbocycles. The van der Waals surface area contributed by atoms with Gasteiger partial charge in [-0.25, -0.2) is 9.98 Å². The van der Waals surface area contributed by atoms with Gasteiger partial charge in [-0.2, -0.15) is 5.10 Å². The predicted octanol–water partition coefficient (Wildman–Crippen LogP) is 1.65. The van der Waals surface area contributed by atoms with Crippen molar-refractivity contribution >= 4 is 5.96 Å². The molecule has 1 aromatic heterocycles. The summed E-state index contributed by atoms with van der Waals surface area (Å²) in [6.07, 6.45) is 1.52. The van der Waals surface area contributed by atoms with Crippen molar-refractivity contribution in [1.29, 1.82) is 0 Å². The number of aliphatic imine (C=N–C) groups is 1. The molecule has 136 valence electrons. The van der Waals surface area contributed by atoms with E-state index in [1.807, 2.05) is 39.1 Å². The lowest BCUT2D eigenvalue weighted by Crippen LogP contribution is -2.38. The summed E-state index contributed by atoms with van der Waals surface area (Å²) >= 11 is 0. The number of rotatable bonds is 7. The molecule has 0 aliphatic carbocycles. The SMILES string of the molecule is CCNC(=NCc1ncnn1C)NC(C)c1cc(OC)ccc1OC. The molecule has 1 aromatic carbocycles. The van der Waals surface area contributed by atoms with Crippen LogP contribution in [0.25, 0.3) is 0 Å². The monoisotopic (exact) mass is 346 g/mol. The first-order valence-electron chi connectivity index (χ1n) is 8.18. The summed E-state index contributed by atoms with van der Waals surface area (Å²) in [7, 11) is 5.16. The van der Waals surface area contributed by atoms with Gasteiger partial charge in [0.2, 0.25) is 0 Å². The smallest absolute Gasteiger partial charge is 0.192 e. The van der Waals surface area contributed by atoms with Crippen LogP contribution in [0.1, 0.15) is 31.3 Å². The van der Waals surface area contributed by atoms with E-state index in [2.05, 4.69) is 25.7 Å². The number of ether oxygens (including phenoxy) is 2. The van der Waals surface area contributed by atoms with E-state index >= 15 is 0 Å². The van der Waals surface area contributed by atoms with Crippen molar-refractivity contribution < 1.29 is 9.47 Å². The molecule has 8 nitrogen and oxygen atoms in total. The number of hydrogen-bond donors (Lipinski definition) is 2. The Labute approximate surface area is 148 Å². The number of guanidine groups is 1. The van der Waals surface area contributed by atoms with Gasteiger partial charge in [0.1, 0.15) is 30.2 Å². The summed E-state index contributed by atoms with van der Waals surface area (Å²) in [4.78, 5) is 8.77. The second-order valence-electron chi connectivity index (χ2n) is 5.47. The first-order chi connectivity index (χ1) is 12.1. The van der Waals surface area contributed by atoms with Crippen LogP contribution in [0.15, 0.2) is 29.5 Å². The quantitative estimate of drug-likeness (QED) is 0.586. The van der Waals surface area contributed by atoms with E-state index in [9.17, 15) is 0 Å². The van der Waals surface area contributed by atoms with Gasteiger partial charge in [0.15, 0.2) is 5.96 Å². The van der Waals surface area contributed by atoms with Crippen LogP contribution < -0.4 is 20.1 Å². The molecule has 1 atom stereocenters. The molecule has 2 aromatic rings. The van der Waals surface area contributed by atoms with E-state index in [0.717, 1.165) is 29.4 Å². The van der Waals surface area contributed by atoms with Gasteiger partial charge in [0.05, 0.1) is 20.3 Å². The van der Waals surface area contributed by atoms with Crippen molar-refractivity contribution in [2.45, 2.75) is 26.4 Å². The van der Waals surface area contributed by atoms with Gasteiger partial charge in [-0.05, 0) is 32.0 Å². The second kappa shape index (κ2) is 8.91. The second-order valence-corrected chi connectivity index (χ2v) is 5.47. The molecule has 0 bridgehead atoms. The summed E-state index contributed by atoms with van der Waals surface area (Å²) < 4.78 is 12.5. The number of benzene rings is 1. The minimum Gasteiger partial charge on any atom is -0.497 e. The van der Waals surface area contributed by atoms with Crippen LogP contribution >= 0.6 is 0 Å². The fourth-order valence-corrected chi connectivity index (χ4v) is 2.39. The molecular weight excluding hydrogens is 320 g/mol. The molecule has 0 fully saturated rings. The fraction of sp³-hybridized carbons (Fsp3) is 0.471. The van der Waals surface area contributed by atoms with Crippen molar-refractivity contribution in [3.8, 4) is 11.5 Å². The van der Waals surface area contributed by atoms with Crippen molar-refractivity contribution in [2.75, 3.05) is 20.8 Å². The van der Waals surface area contributed by atoms with E-state index < -0.39 is 0 Å². The van der Waals surface area contributed by atoms with Crippen molar-refractivity contribution in [1.82, 2.24) is 25.4 Å². The topological polar surface area (TPSA) is 85.6 Å². The van der Waals surface area contributed by atoms with E-state index in [1.54, 1.807) is 18.9 Å². The van der Waals surface area contributed by atoms with Crippen molar-refractivity contribution in [3.63, 3.8) is 0 Å². The van der Waals surface area contributed by atoms with Crippen molar-refractivity contribution in [2.24, 2.45) is 12.0 Å². The molecule has 8 heteroatoms. The van der Waals surface area contributed by atoms with Gasteiger partial charge in [-0.1, -0.05) is 0 Å². The fourth-order valence-electron chi connectivity index (χ4n) is 2.39. The van der Waals surface area contributed by atoms with Crippen molar-refractivity contribution in [3.05, 3.63) is 35.9 Å². The Balaban J connectivity index is 2.17. The number of nitrogens with zero attached hydrogens (tertiary/aromatic N) is 4. The Bertz CT molecular complexity index is 713. The van der Waals surface area contributed by atoms with E-state index in [0.29, 0.717) is 12.5 Å². The first kappa shape index (κ1) is 18.6. The van der Waals surface area contributed by atoms with Crippen LogP contribution in [-0.4, -0.2) is 41.5 Å². The molecule has 0 amide bonds. The van der Waals surface area contributed by atoms with E-state index in [-0.39, 0.29) is 6.04 Å². The van der Waals surface area contributed by atoms with Gasteiger partial charge in [-0.15, -0.1) is 0 Å². The van der Waals surface area contributed by atoms with Gasteiger partial charge in [-0.3, -0.25) is 4.68 Å². The maximum absolute atomic E-state index is 5.46. The normalized spacial score (nSPS) is 12.6. The molecule has 0 saturated heterocycles. The van der Waals surface area contributed by atoms with Gasteiger partial charge < -0.3 is 20.1 Å². The minimum absolute atomic E-state index is 0.0256. The summed E-state index contributed by atoms with van der Waals surface area (Å²) in [5.41, 5.74) is 0.992. The Morgan fingerprint density at radius 1 is 1.32 bits per heavy atom. The van der Waals surface area contributed by atoms with E-state index in [1.165, 1.54) is 6.33 Å². The highest BCUT2D eigenvalue weighted by Gasteiger charge is 2.14. The van der Waals surface area contributed by atoms with Crippen LogP contribution in [0.4, 0.5) is 0 Å². The Hall–Kier alpha value is -2.77. The third kappa shape index (κ3) is 4.85. The third-order valence-corrected chi connectivity index (χ3v) is 3.78. The zero-order valence-electron chi connectivity index (χ0n) is 15.4. The molecule has 2 N–H and O–H groups in total. The summed E-state index contributed by atoms with van der Waals surface area (Å²) in [5, 5.41) is 10.7. The number of nitrogens with one attached hydrogen (secondary N) is 2. The standard InChI is InChI=1S/C17H26N6O2/c1-6-18-17(19-10-16-20-11-21-23(16)3)22-12(2)14-9-13(24-4)7-8-15(14)25-5/h7-9,11-12H,6,10H2,1-5H3,(H2,18,19,22). The zero-order chi connectivity index (χ0) is 18.2. The highest BCUT2D eigenvalue weighted by atomic mass is 16.5. The molecule has 0 aliphatic heterocycles. The van der Waals surface area contributed by atoms with Crippen LogP contribution in [0.3, 0.4) is 0 Å². The molecule has 0 spiro atoms. The summed E-state index contributed by atoms with van der Waals surface area (Å²) in [5.74, 6) is 3.07. The highest BCUT2D eigenvalue weighted by Crippen LogP contribution is 2.29. The molecule has 0 aliphatic rings. The van der Waals surface area contributed by atoms with Gasteiger partial charge >= 0.3 is 0 Å². The molecule has 1 heterocycles. The summed E-state index contributed by atoms with van der Waals surface area (Å²) in [6.45, 7) is 5.27. The number of aryl methyl sites for hydroxylation is 1. The Kier molecular flexibility index (Phi) is 6.62. The first-order valence-corrected chi connectivity index (χ1v) is 8.18. The lowest BCUT2D eigenvalue weighted by Gasteiger charge is -2.20. The van der Waals surface area contributed by atoms with Crippen LogP contribution in [0, 0.1) is 0 Å². The minimum atomic E-state index is -0.0256. The maximum Gasteiger partial charge on any atom is 0.192 e.